The van der Waals surface area contributed by atoms with Crippen LogP contribution >= 0.6 is 0 Å². The van der Waals surface area contributed by atoms with Gasteiger partial charge >= 0.3 is 0 Å². The number of amides is 1. The third-order valence-corrected chi connectivity index (χ3v) is 4.97. The van der Waals surface area contributed by atoms with E-state index in [9.17, 15) is 4.79 Å². The number of piperidine rings is 1. The van der Waals surface area contributed by atoms with E-state index in [0.717, 1.165) is 18.0 Å². The van der Waals surface area contributed by atoms with Crippen molar-refractivity contribution < 1.29 is 14.3 Å². The zero-order valence-corrected chi connectivity index (χ0v) is 16.7. The molecule has 1 amide bonds. The number of nitrogens with zero attached hydrogens (tertiary/aromatic N) is 1. The van der Waals surface area contributed by atoms with Crippen LogP contribution in [0.1, 0.15) is 46.5 Å². The maximum absolute atomic E-state index is 12.6. The molecule has 26 heavy (non-hydrogen) atoms. The number of nitrogens with one attached hydrogen (secondary N) is 1. The summed E-state index contributed by atoms with van der Waals surface area (Å²) in [6.45, 7) is 10.0. The van der Waals surface area contributed by atoms with Gasteiger partial charge in [0.15, 0.2) is 0 Å². The van der Waals surface area contributed by atoms with Gasteiger partial charge in [0.1, 0.15) is 18.0 Å². The third kappa shape index (κ3) is 6.29. The summed E-state index contributed by atoms with van der Waals surface area (Å²) in [5, 5.41) is 2.95. The molecule has 0 aliphatic carbocycles. The molecule has 0 radical (unpaired) electrons. The molecule has 1 aliphatic rings. The van der Waals surface area contributed by atoms with Crippen LogP contribution in [0, 0.1) is 5.92 Å². The zero-order valence-electron chi connectivity index (χ0n) is 16.7. The standard InChI is InChI=1S/C21H34N2O3/c1-17(2)16-21(3,25-4)20(24)22-18-8-10-19(11-9-18)26-15-14-23-12-6-5-7-13-23/h8-11,17H,5-7,12-16H2,1-4H3,(H,22,24)/t21-/m1/s1. The summed E-state index contributed by atoms with van der Waals surface area (Å²) in [5.41, 5.74) is -0.0666. The van der Waals surface area contributed by atoms with E-state index in [1.54, 1.807) is 7.11 Å². The number of ether oxygens (including phenoxy) is 2. The fraction of sp³-hybridized carbons (Fsp3) is 0.667. The largest absolute Gasteiger partial charge is 0.492 e. The Balaban J connectivity index is 1.81. The Morgan fingerprint density at radius 1 is 1.19 bits per heavy atom. The first-order valence-corrected chi connectivity index (χ1v) is 9.75. The highest BCUT2D eigenvalue weighted by atomic mass is 16.5. The molecule has 0 aromatic heterocycles. The van der Waals surface area contributed by atoms with Crippen molar-refractivity contribution in [2.75, 3.05) is 38.7 Å². The number of rotatable bonds is 9. The Labute approximate surface area is 158 Å². The van der Waals surface area contributed by atoms with Crippen LogP contribution in [-0.2, 0) is 9.53 Å². The van der Waals surface area contributed by atoms with Crippen LogP contribution in [0.3, 0.4) is 0 Å². The molecule has 0 spiro atoms. The lowest BCUT2D eigenvalue weighted by Crippen LogP contribution is -2.43. The second-order valence-electron chi connectivity index (χ2n) is 7.76. The lowest BCUT2D eigenvalue weighted by Gasteiger charge is -2.28. The average Bonchev–Trinajstić information content (AvgIpc) is 2.63. The normalized spacial score (nSPS) is 17.7. The number of likely N-dealkylation sites (tertiary alicyclic amines) is 1. The molecule has 1 heterocycles. The van der Waals surface area contributed by atoms with Gasteiger partial charge in [-0.1, -0.05) is 20.3 Å². The minimum absolute atomic E-state index is 0.118. The summed E-state index contributed by atoms with van der Waals surface area (Å²) >= 11 is 0. The van der Waals surface area contributed by atoms with Crippen molar-refractivity contribution in [2.24, 2.45) is 5.92 Å². The lowest BCUT2D eigenvalue weighted by molar-refractivity contribution is -0.137. The molecule has 146 valence electrons. The molecule has 1 atom stereocenters. The van der Waals surface area contributed by atoms with Crippen molar-refractivity contribution in [2.45, 2.75) is 52.1 Å². The van der Waals surface area contributed by atoms with Crippen molar-refractivity contribution in [1.29, 1.82) is 0 Å². The number of methoxy groups -OCH3 is 1. The predicted molar refractivity (Wildman–Crippen MR) is 106 cm³/mol. The highest BCUT2D eigenvalue weighted by molar-refractivity contribution is 5.97. The Morgan fingerprint density at radius 2 is 1.85 bits per heavy atom. The molecule has 1 fully saturated rings. The van der Waals surface area contributed by atoms with Crippen molar-refractivity contribution in [3.05, 3.63) is 24.3 Å². The fourth-order valence-corrected chi connectivity index (χ4v) is 3.42. The van der Waals surface area contributed by atoms with Crippen LogP contribution in [0.15, 0.2) is 24.3 Å². The quantitative estimate of drug-likeness (QED) is 0.723. The monoisotopic (exact) mass is 362 g/mol. The van der Waals surface area contributed by atoms with E-state index < -0.39 is 5.60 Å². The molecular formula is C21H34N2O3. The van der Waals surface area contributed by atoms with Crippen LogP contribution in [0.25, 0.3) is 0 Å². The van der Waals surface area contributed by atoms with Gasteiger partial charge < -0.3 is 14.8 Å². The van der Waals surface area contributed by atoms with Crippen LogP contribution in [-0.4, -0.2) is 49.8 Å². The number of anilines is 1. The molecule has 5 nitrogen and oxygen atoms in total. The van der Waals surface area contributed by atoms with Gasteiger partial charge in [-0.3, -0.25) is 9.69 Å². The van der Waals surface area contributed by atoms with E-state index in [1.165, 1.54) is 32.4 Å². The molecule has 0 unspecified atom stereocenters. The summed E-state index contributed by atoms with van der Waals surface area (Å²) in [4.78, 5) is 15.0. The van der Waals surface area contributed by atoms with E-state index in [1.807, 2.05) is 31.2 Å². The molecule has 1 saturated heterocycles. The first-order valence-electron chi connectivity index (χ1n) is 9.75. The van der Waals surface area contributed by atoms with Gasteiger partial charge in [-0.05, 0) is 69.5 Å². The van der Waals surface area contributed by atoms with Crippen molar-refractivity contribution >= 4 is 11.6 Å². The average molecular weight is 363 g/mol. The Morgan fingerprint density at radius 3 is 2.42 bits per heavy atom. The van der Waals surface area contributed by atoms with Gasteiger partial charge in [0.2, 0.25) is 0 Å². The second kappa shape index (κ2) is 9.93. The maximum atomic E-state index is 12.6. The number of carbonyl (C=O) groups excluding carboxylic acids is 1. The van der Waals surface area contributed by atoms with E-state index in [0.29, 0.717) is 18.9 Å². The van der Waals surface area contributed by atoms with Crippen molar-refractivity contribution in [3.8, 4) is 5.75 Å². The molecule has 0 saturated carbocycles. The molecule has 0 bridgehead atoms. The highest BCUT2D eigenvalue weighted by Gasteiger charge is 2.33. The zero-order chi connectivity index (χ0) is 19.0. The van der Waals surface area contributed by atoms with Crippen molar-refractivity contribution in [1.82, 2.24) is 4.90 Å². The second-order valence-corrected chi connectivity index (χ2v) is 7.76. The van der Waals surface area contributed by atoms with E-state index >= 15 is 0 Å². The smallest absolute Gasteiger partial charge is 0.256 e. The van der Waals surface area contributed by atoms with Gasteiger partial charge in [0.25, 0.3) is 5.91 Å². The van der Waals surface area contributed by atoms with E-state index in [2.05, 4.69) is 24.1 Å². The summed E-state index contributed by atoms with van der Waals surface area (Å²) in [6, 6.07) is 7.55. The Hall–Kier alpha value is -1.59. The number of carbonyl (C=O) groups is 1. The maximum Gasteiger partial charge on any atom is 0.256 e. The molecule has 2 rings (SSSR count). The predicted octanol–water partition coefficient (Wildman–Crippen LogP) is 3.94. The Kier molecular flexibility index (Phi) is 7.91. The topological polar surface area (TPSA) is 50.8 Å². The first kappa shape index (κ1) is 20.7. The van der Waals surface area contributed by atoms with Crippen LogP contribution in [0.2, 0.25) is 0 Å². The summed E-state index contributed by atoms with van der Waals surface area (Å²) in [6.07, 6.45) is 4.62. The fourth-order valence-electron chi connectivity index (χ4n) is 3.42. The SMILES string of the molecule is CO[C@](C)(CC(C)C)C(=O)Nc1ccc(OCCN2CCCCC2)cc1. The highest BCUT2D eigenvalue weighted by Crippen LogP contribution is 2.23. The van der Waals surface area contributed by atoms with E-state index in [4.69, 9.17) is 9.47 Å². The van der Waals surface area contributed by atoms with Crippen LogP contribution in [0.5, 0.6) is 5.75 Å². The van der Waals surface area contributed by atoms with Crippen LogP contribution < -0.4 is 10.1 Å². The molecule has 1 N–H and O–H groups in total. The third-order valence-electron chi connectivity index (χ3n) is 4.97. The number of hydrogen-bond acceptors (Lipinski definition) is 4. The molecular weight excluding hydrogens is 328 g/mol. The molecule has 1 aromatic carbocycles. The van der Waals surface area contributed by atoms with Crippen LogP contribution in [0.4, 0.5) is 5.69 Å². The summed E-state index contributed by atoms with van der Waals surface area (Å²) in [7, 11) is 1.58. The Bertz CT molecular complexity index is 553. The molecule has 5 heteroatoms. The number of benzene rings is 1. The van der Waals surface area contributed by atoms with Gasteiger partial charge in [0, 0.05) is 19.3 Å². The van der Waals surface area contributed by atoms with E-state index in [-0.39, 0.29) is 5.91 Å². The van der Waals surface area contributed by atoms with Crippen molar-refractivity contribution in [3.63, 3.8) is 0 Å². The summed E-state index contributed by atoms with van der Waals surface area (Å²) in [5.74, 6) is 1.09. The minimum atomic E-state index is -0.822. The first-order chi connectivity index (χ1) is 12.4. The van der Waals surface area contributed by atoms with Gasteiger partial charge in [-0.15, -0.1) is 0 Å². The molecule has 1 aliphatic heterocycles. The van der Waals surface area contributed by atoms with Gasteiger partial charge in [-0.2, -0.15) is 0 Å². The van der Waals surface area contributed by atoms with Gasteiger partial charge in [0.05, 0.1) is 0 Å². The molecule has 1 aromatic rings. The minimum Gasteiger partial charge on any atom is -0.492 e. The van der Waals surface area contributed by atoms with Gasteiger partial charge in [-0.25, -0.2) is 0 Å². The number of hydrogen-bond donors (Lipinski definition) is 1. The lowest BCUT2D eigenvalue weighted by atomic mass is 9.93. The summed E-state index contributed by atoms with van der Waals surface area (Å²) < 4.78 is 11.3.